The summed E-state index contributed by atoms with van der Waals surface area (Å²) in [4.78, 5) is 11.8. The van der Waals surface area contributed by atoms with Gasteiger partial charge in [-0.2, -0.15) is 5.10 Å². The van der Waals surface area contributed by atoms with E-state index in [4.69, 9.17) is 19.3 Å². The maximum Gasteiger partial charge on any atom is 0.335 e. The highest BCUT2D eigenvalue weighted by Gasteiger charge is 2.20. The van der Waals surface area contributed by atoms with Crippen molar-refractivity contribution in [1.82, 2.24) is 9.78 Å². The van der Waals surface area contributed by atoms with Gasteiger partial charge in [0.25, 0.3) is 0 Å². The Morgan fingerprint density at radius 2 is 1.73 bits per heavy atom. The first kappa shape index (κ1) is 25.8. The van der Waals surface area contributed by atoms with Crippen LogP contribution in [0.2, 0.25) is 0 Å². The summed E-state index contributed by atoms with van der Waals surface area (Å²) < 4.78 is 19.2. The largest absolute Gasteiger partial charge is 0.493 e. The standard InChI is InChI=1S/C30H32N2O5/c1-4-5-18-37-27-15-14-22(30(33)34)19-24(27)25-20-26(23-12-9-13-28(35-2)29(23)36-3)32(31-25)17-16-21-10-7-6-8-11-21/h6-15,19-20H,4-5,16-18H2,1-3H3,(H,33,34). The molecule has 0 saturated heterocycles. The van der Waals surface area contributed by atoms with Crippen LogP contribution in [0.4, 0.5) is 0 Å². The maximum absolute atomic E-state index is 11.8. The van der Waals surface area contributed by atoms with Crippen molar-refractivity contribution in [2.24, 2.45) is 0 Å². The topological polar surface area (TPSA) is 82.8 Å². The Bertz CT molecular complexity index is 1350. The lowest BCUT2D eigenvalue weighted by atomic mass is 10.0. The van der Waals surface area contributed by atoms with Gasteiger partial charge in [-0.1, -0.05) is 49.7 Å². The summed E-state index contributed by atoms with van der Waals surface area (Å²) in [5.41, 5.74) is 4.30. The SMILES string of the molecule is CCCCOc1ccc(C(=O)O)cc1-c1cc(-c2cccc(OC)c2OC)n(CCc2ccccc2)n1. The molecule has 0 aliphatic heterocycles. The van der Waals surface area contributed by atoms with Crippen molar-refractivity contribution >= 4 is 5.97 Å². The maximum atomic E-state index is 11.8. The molecule has 4 aromatic rings. The van der Waals surface area contributed by atoms with Crippen LogP contribution in [0, 0.1) is 0 Å². The second kappa shape index (κ2) is 12.1. The Kier molecular flexibility index (Phi) is 8.46. The first-order valence-electron chi connectivity index (χ1n) is 12.4. The smallest absolute Gasteiger partial charge is 0.335 e. The van der Waals surface area contributed by atoms with Gasteiger partial charge in [-0.3, -0.25) is 4.68 Å². The fraction of sp³-hybridized carbons (Fsp3) is 0.267. The number of carboxylic acids is 1. The molecule has 7 heteroatoms. The number of aromatic carboxylic acids is 1. The van der Waals surface area contributed by atoms with Gasteiger partial charge in [0.05, 0.1) is 37.8 Å². The number of carboxylic acid groups (broad SMARTS) is 1. The number of nitrogens with zero attached hydrogens (tertiary/aromatic N) is 2. The Morgan fingerprint density at radius 1 is 0.919 bits per heavy atom. The molecule has 0 aliphatic rings. The van der Waals surface area contributed by atoms with Crippen molar-refractivity contribution in [3.8, 4) is 39.8 Å². The van der Waals surface area contributed by atoms with E-state index in [-0.39, 0.29) is 5.56 Å². The van der Waals surface area contributed by atoms with Gasteiger partial charge >= 0.3 is 5.97 Å². The third kappa shape index (κ3) is 5.94. The Balaban J connectivity index is 1.84. The van der Waals surface area contributed by atoms with Crippen LogP contribution < -0.4 is 14.2 Å². The number of benzene rings is 3. The summed E-state index contributed by atoms with van der Waals surface area (Å²) in [7, 11) is 3.22. The van der Waals surface area contributed by atoms with Crippen LogP contribution in [0.25, 0.3) is 22.5 Å². The molecule has 1 heterocycles. The number of methoxy groups -OCH3 is 2. The predicted octanol–water partition coefficient (Wildman–Crippen LogP) is 6.35. The first-order chi connectivity index (χ1) is 18.0. The van der Waals surface area contributed by atoms with Crippen LogP contribution >= 0.6 is 0 Å². The molecule has 37 heavy (non-hydrogen) atoms. The average Bonchev–Trinajstić information content (AvgIpc) is 3.36. The quantitative estimate of drug-likeness (QED) is 0.228. The molecule has 0 radical (unpaired) electrons. The molecule has 0 fully saturated rings. The number of hydrogen-bond acceptors (Lipinski definition) is 5. The summed E-state index contributed by atoms with van der Waals surface area (Å²) in [6.07, 6.45) is 2.67. The highest BCUT2D eigenvalue weighted by molar-refractivity contribution is 5.90. The average molecular weight is 501 g/mol. The molecular formula is C30H32N2O5. The molecule has 0 amide bonds. The van der Waals surface area contributed by atoms with Gasteiger partial charge in [0.15, 0.2) is 11.5 Å². The molecule has 1 aromatic heterocycles. The third-order valence-corrected chi connectivity index (χ3v) is 6.17. The molecule has 7 nitrogen and oxygen atoms in total. The number of aromatic nitrogens is 2. The Labute approximate surface area is 217 Å². The fourth-order valence-corrected chi connectivity index (χ4v) is 4.22. The second-order valence-electron chi connectivity index (χ2n) is 8.63. The summed E-state index contributed by atoms with van der Waals surface area (Å²) in [6, 6.07) is 22.8. The Morgan fingerprint density at radius 3 is 2.43 bits per heavy atom. The molecule has 0 saturated carbocycles. The number of carbonyl (C=O) groups is 1. The number of aryl methyl sites for hydroxylation is 2. The van der Waals surface area contributed by atoms with Crippen LogP contribution in [0.1, 0.15) is 35.7 Å². The molecule has 192 valence electrons. The highest BCUT2D eigenvalue weighted by atomic mass is 16.5. The number of hydrogen-bond donors (Lipinski definition) is 1. The van der Waals surface area contributed by atoms with Crippen LogP contribution in [-0.2, 0) is 13.0 Å². The number of rotatable bonds is 12. The summed E-state index contributed by atoms with van der Waals surface area (Å²) in [5.74, 6) is 0.833. The van der Waals surface area contributed by atoms with Gasteiger partial charge < -0.3 is 19.3 Å². The van der Waals surface area contributed by atoms with Crippen molar-refractivity contribution in [2.45, 2.75) is 32.7 Å². The molecule has 0 spiro atoms. The molecule has 1 N–H and O–H groups in total. The zero-order chi connectivity index (χ0) is 26.2. The van der Waals surface area contributed by atoms with E-state index in [9.17, 15) is 9.90 Å². The zero-order valence-electron chi connectivity index (χ0n) is 21.4. The van der Waals surface area contributed by atoms with Gasteiger partial charge in [-0.05, 0) is 54.8 Å². The van der Waals surface area contributed by atoms with Gasteiger partial charge in [0.1, 0.15) is 5.75 Å². The third-order valence-electron chi connectivity index (χ3n) is 6.17. The van der Waals surface area contributed by atoms with E-state index in [1.165, 1.54) is 5.56 Å². The van der Waals surface area contributed by atoms with Gasteiger partial charge in [0, 0.05) is 17.7 Å². The lowest BCUT2D eigenvalue weighted by Gasteiger charge is -2.14. The van der Waals surface area contributed by atoms with E-state index in [2.05, 4.69) is 19.1 Å². The molecule has 0 bridgehead atoms. The highest BCUT2D eigenvalue weighted by Crippen LogP contribution is 2.40. The first-order valence-corrected chi connectivity index (χ1v) is 12.4. The van der Waals surface area contributed by atoms with Crippen molar-refractivity contribution in [1.29, 1.82) is 0 Å². The number of unbranched alkanes of at least 4 members (excludes halogenated alkanes) is 1. The number of para-hydroxylation sites is 1. The van der Waals surface area contributed by atoms with Crippen LogP contribution in [0.3, 0.4) is 0 Å². The minimum absolute atomic E-state index is 0.178. The zero-order valence-corrected chi connectivity index (χ0v) is 21.4. The molecule has 3 aromatic carbocycles. The number of ether oxygens (including phenoxy) is 3. The van der Waals surface area contributed by atoms with Crippen LogP contribution in [0.5, 0.6) is 17.2 Å². The van der Waals surface area contributed by atoms with E-state index >= 15 is 0 Å². The molecule has 0 unspecified atom stereocenters. The normalized spacial score (nSPS) is 10.8. The van der Waals surface area contributed by atoms with E-state index in [0.29, 0.717) is 41.7 Å². The Hall–Kier alpha value is -4.26. The molecular weight excluding hydrogens is 468 g/mol. The fourth-order valence-electron chi connectivity index (χ4n) is 4.22. The van der Waals surface area contributed by atoms with Crippen molar-refractivity contribution in [2.75, 3.05) is 20.8 Å². The minimum atomic E-state index is -1.00. The molecule has 0 atom stereocenters. The lowest BCUT2D eigenvalue weighted by molar-refractivity contribution is 0.0697. The lowest BCUT2D eigenvalue weighted by Crippen LogP contribution is -2.06. The molecule has 4 rings (SSSR count). The minimum Gasteiger partial charge on any atom is -0.493 e. The second-order valence-corrected chi connectivity index (χ2v) is 8.63. The van der Waals surface area contributed by atoms with Crippen LogP contribution in [0.15, 0.2) is 72.8 Å². The van der Waals surface area contributed by atoms with Crippen molar-refractivity contribution in [3.63, 3.8) is 0 Å². The van der Waals surface area contributed by atoms with E-state index in [1.54, 1.807) is 32.4 Å². The van der Waals surface area contributed by atoms with E-state index in [0.717, 1.165) is 30.5 Å². The predicted molar refractivity (Wildman–Crippen MR) is 144 cm³/mol. The van der Waals surface area contributed by atoms with E-state index < -0.39 is 5.97 Å². The monoisotopic (exact) mass is 500 g/mol. The van der Waals surface area contributed by atoms with Crippen molar-refractivity contribution < 1.29 is 24.1 Å². The van der Waals surface area contributed by atoms with Gasteiger partial charge in [-0.15, -0.1) is 0 Å². The van der Waals surface area contributed by atoms with Crippen LogP contribution in [-0.4, -0.2) is 41.7 Å². The summed E-state index contributed by atoms with van der Waals surface area (Å²) in [6.45, 7) is 3.26. The molecule has 0 aliphatic carbocycles. The van der Waals surface area contributed by atoms with E-state index in [1.807, 2.05) is 47.1 Å². The van der Waals surface area contributed by atoms with Crippen molar-refractivity contribution in [3.05, 3.63) is 83.9 Å². The van der Waals surface area contributed by atoms with Gasteiger partial charge in [-0.25, -0.2) is 4.79 Å². The summed E-state index contributed by atoms with van der Waals surface area (Å²) >= 11 is 0. The summed E-state index contributed by atoms with van der Waals surface area (Å²) in [5, 5.41) is 14.6. The van der Waals surface area contributed by atoms with Gasteiger partial charge in [0.2, 0.25) is 0 Å².